The molecule has 0 aliphatic heterocycles. The van der Waals surface area contributed by atoms with Gasteiger partial charge >= 0.3 is 0 Å². The summed E-state index contributed by atoms with van der Waals surface area (Å²) in [5.41, 5.74) is 7.58. The normalized spacial score (nSPS) is 11.5. The van der Waals surface area contributed by atoms with E-state index in [1.54, 1.807) is 11.8 Å². The molecular weight excluding hydrogens is 340 g/mol. The zero-order chi connectivity index (χ0) is 17.7. The highest BCUT2D eigenvalue weighted by atomic mass is 32.2. The molecule has 2 N–H and O–H groups in total. The number of aryl methyl sites for hydroxylation is 1. The minimum atomic E-state index is -0.319. The number of hydrogen-bond donors (Lipinski definition) is 1. The summed E-state index contributed by atoms with van der Waals surface area (Å²) in [6.45, 7) is 9.11. The first-order valence-corrected chi connectivity index (χ1v) is 9.66. The number of nitrogens with two attached hydrogens (primary N) is 1. The Kier molecular flexibility index (Phi) is 6.29. The van der Waals surface area contributed by atoms with Gasteiger partial charge < -0.3 is 10.5 Å². The lowest BCUT2D eigenvalue weighted by Crippen LogP contribution is -2.13. The van der Waals surface area contributed by atoms with Gasteiger partial charge in [0.1, 0.15) is 5.75 Å². The minimum Gasteiger partial charge on any atom is -0.493 e. The topological polar surface area (TPSA) is 65.2 Å². The van der Waals surface area contributed by atoms with E-state index in [0.717, 1.165) is 26.4 Å². The van der Waals surface area contributed by atoms with Crippen molar-refractivity contribution in [2.45, 2.75) is 43.9 Å². The average Bonchev–Trinajstić information content (AvgIpc) is 2.83. The van der Waals surface area contributed by atoms with Crippen LogP contribution in [0.15, 0.2) is 28.6 Å². The van der Waals surface area contributed by atoms with Crippen molar-refractivity contribution in [3.8, 4) is 5.75 Å². The number of carbonyl (C=O) groups is 1. The Balaban J connectivity index is 1.80. The predicted molar refractivity (Wildman–Crippen MR) is 101 cm³/mol. The van der Waals surface area contributed by atoms with Crippen molar-refractivity contribution in [1.29, 1.82) is 0 Å². The molecule has 2 rings (SSSR count). The van der Waals surface area contributed by atoms with Gasteiger partial charge in [-0.2, -0.15) is 0 Å². The number of rotatable bonds is 7. The molecule has 0 saturated carbocycles. The first kappa shape index (κ1) is 18.8. The van der Waals surface area contributed by atoms with E-state index in [0.29, 0.717) is 6.61 Å². The maximum absolute atomic E-state index is 11.0. The van der Waals surface area contributed by atoms with Gasteiger partial charge in [-0.05, 0) is 30.0 Å². The number of ether oxygens (including phenoxy) is 1. The van der Waals surface area contributed by atoms with Crippen molar-refractivity contribution in [3.63, 3.8) is 0 Å². The van der Waals surface area contributed by atoms with Crippen molar-refractivity contribution >= 4 is 29.0 Å². The zero-order valence-corrected chi connectivity index (χ0v) is 16.2. The van der Waals surface area contributed by atoms with Gasteiger partial charge in [-0.3, -0.25) is 4.79 Å². The Morgan fingerprint density at radius 1 is 1.29 bits per heavy atom. The molecule has 0 aliphatic rings. The van der Waals surface area contributed by atoms with E-state index in [9.17, 15) is 4.79 Å². The summed E-state index contributed by atoms with van der Waals surface area (Å²) in [7, 11) is 0. The summed E-state index contributed by atoms with van der Waals surface area (Å²) >= 11 is 3.17. The van der Waals surface area contributed by atoms with Gasteiger partial charge in [0.05, 0.1) is 18.7 Å². The lowest BCUT2D eigenvalue weighted by atomic mass is 9.87. The van der Waals surface area contributed by atoms with Crippen molar-refractivity contribution < 1.29 is 9.53 Å². The molecule has 0 fully saturated rings. The second-order valence-corrected chi connectivity index (χ2v) is 9.03. The summed E-state index contributed by atoms with van der Waals surface area (Å²) in [4.78, 5) is 16.4. The van der Waals surface area contributed by atoms with Gasteiger partial charge in [-0.1, -0.05) is 44.7 Å². The summed E-state index contributed by atoms with van der Waals surface area (Å²) in [5.74, 6) is 1.37. The van der Waals surface area contributed by atoms with Crippen molar-refractivity contribution in [2.75, 3.05) is 12.4 Å². The largest absolute Gasteiger partial charge is 0.493 e. The highest BCUT2D eigenvalue weighted by Gasteiger charge is 2.13. The first-order chi connectivity index (χ1) is 11.3. The summed E-state index contributed by atoms with van der Waals surface area (Å²) in [6.07, 6.45) is 0.265. The third-order valence-corrected chi connectivity index (χ3v) is 5.77. The third kappa shape index (κ3) is 5.53. The van der Waals surface area contributed by atoms with Crippen molar-refractivity contribution in [3.05, 3.63) is 40.4 Å². The fourth-order valence-corrected chi connectivity index (χ4v) is 4.26. The second kappa shape index (κ2) is 8.03. The van der Waals surface area contributed by atoms with Crippen LogP contribution in [-0.2, 0) is 16.6 Å². The van der Waals surface area contributed by atoms with Crippen LogP contribution in [0.4, 0.5) is 0 Å². The Hall–Kier alpha value is -1.53. The molecule has 0 atom stereocenters. The Morgan fingerprint density at radius 3 is 2.54 bits per heavy atom. The van der Waals surface area contributed by atoms with E-state index in [2.05, 4.69) is 37.9 Å². The van der Waals surface area contributed by atoms with E-state index >= 15 is 0 Å². The summed E-state index contributed by atoms with van der Waals surface area (Å²) in [5, 5.41) is 0. The van der Waals surface area contributed by atoms with Crippen molar-refractivity contribution in [2.24, 2.45) is 5.73 Å². The van der Waals surface area contributed by atoms with Gasteiger partial charge in [0.2, 0.25) is 5.91 Å². The van der Waals surface area contributed by atoms with Crippen LogP contribution in [-0.4, -0.2) is 23.3 Å². The number of primary amides is 1. The van der Waals surface area contributed by atoms with E-state index in [-0.39, 0.29) is 17.7 Å². The molecule has 4 nitrogen and oxygen atoms in total. The van der Waals surface area contributed by atoms with Crippen LogP contribution < -0.4 is 10.5 Å². The molecule has 6 heteroatoms. The van der Waals surface area contributed by atoms with Gasteiger partial charge in [0, 0.05) is 10.6 Å². The molecule has 1 aromatic heterocycles. The van der Waals surface area contributed by atoms with Gasteiger partial charge in [-0.25, -0.2) is 4.98 Å². The summed E-state index contributed by atoms with van der Waals surface area (Å²) < 4.78 is 6.73. The van der Waals surface area contributed by atoms with Crippen LogP contribution in [0.25, 0.3) is 0 Å². The van der Waals surface area contributed by atoms with E-state index in [1.165, 1.54) is 16.9 Å². The summed E-state index contributed by atoms with van der Waals surface area (Å²) in [6, 6.07) is 8.26. The van der Waals surface area contributed by atoms with Crippen LogP contribution in [0.2, 0.25) is 0 Å². The number of benzene rings is 1. The van der Waals surface area contributed by atoms with Crippen LogP contribution in [0.3, 0.4) is 0 Å². The molecule has 0 unspecified atom stereocenters. The van der Waals surface area contributed by atoms with Crippen LogP contribution >= 0.6 is 23.1 Å². The highest BCUT2D eigenvalue weighted by Crippen LogP contribution is 2.28. The van der Waals surface area contributed by atoms with Crippen molar-refractivity contribution in [1.82, 2.24) is 4.98 Å². The lowest BCUT2D eigenvalue weighted by molar-refractivity contribution is -0.117. The molecule has 2 aromatic rings. The smallest absolute Gasteiger partial charge is 0.222 e. The monoisotopic (exact) mass is 364 g/mol. The number of hydrogen-bond acceptors (Lipinski definition) is 5. The van der Waals surface area contributed by atoms with Crippen LogP contribution in [0.1, 0.15) is 36.9 Å². The fourth-order valence-electron chi connectivity index (χ4n) is 2.12. The molecule has 1 aromatic carbocycles. The molecule has 0 bridgehead atoms. The third-order valence-electron chi connectivity index (χ3n) is 3.51. The van der Waals surface area contributed by atoms with Crippen LogP contribution in [0.5, 0.6) is 5.75 Å². The Labute approximate surface area is 151 Å². The molecule has 130 valence electrons. The average molecular weight is 365 g/mol. The van der Waals surface area contributed by atoms with Gasteiger partial charge in [-0.15, -0.1) is 11.3 Å². The van der Waals surface area contributed by atoms with E-state index < -0.39 is 0 Å². The Morgan fingerprint density at radius 2 is 1.96 bits per heavy atom. The lowest BCUT2D eigenvalue weighted by Gasteiger charge is -2.19. The fraction of sp³-hybridized carbons (Fsp3) is 0.444. The predicted octanol–water partition coefficient (Wildman–Crippen LogP) is 3.95. The highest BCUT2D eigenvalue weighted by molar-refractivity contribution is 8.01. The van der Waals surface area contributed by atoms with Crippen LogP contribution in [0, 0.1) is 6.92 Å². The molecule has 0 aliphatic carbocycles. The Bertz CT molecular complexity index is 688. The number of carbonyl (C=O) groups excluding carboxylic acids is 1. The van der Waals surface area contributed by atoms with E-state index in [4.69, 9.17) is 10.5 Å². The number of amides is 1. The first-order valence-electron chi connectivity index (χ1n) is 7.86. The van der Waals surface area contributed by atoms with Gasteiger partial charge in [0.25, 0.3) is 0 Å². The number of aromatic nitrogens is 1. The molecular formula is C18H24N2O2S2. The van der Waals surface area contributed by atoms with Gasteiger partial charge in [0.15, 0.2) is 4.34 Å². The minimum absolute atomic E-state index is 0.152. The maximum atomic E-state index is 11.0. The van der Waals surface area contributed by atoms with E-state index in [1.807, 2.05) is 19.1 Å². The molecule has 0 radical (unpaired) electrons. The molecule has 1 heterocycles. The quantitative estimate of drug-likeness (QED) is 0.597. The number of thioether (sulfide) groups is 1. The second-order valence-electron chi connectivity index (χ2n) is 6.60. The SMILES string of the molecule is Cc1nc(SCCOc2ccc(C(C)(C)C)cc2)sc1CC(N)=O. The standard InChI is InChI=1S/C18H24N2O2S2/c1-12-15(11-16(19)21)24-17(20-12)23-10-9-22-14-7-5-13(6-8-14)18(2,3)4/h5-8H,9-11H2,1-4H3,(H2,19,21). The molecule has 0 spiro atoms. The maximum Gasteiger partial charge on any atom is 0.222 e. The molecule has 1 amide bonds. The molecule has 24 heavy (non-hydrogen) atoms. The number of thiazole rings is 1. The number of nitrogens with zero attached hydrogens (tertiary/aromatic N) is 1. The zero-order valence-electron chi connectivity index (χ0n) is 14.6. The molecule has 0 saturated heterocycles.